The van der Waals surface area contributed by atoms with Crippen LogP contribution < -0.4 is 5.14 Å². The Bertz CT molecular complexity index is 1520. The molecule has 3 aromatic carbocycles. The molecule has 38 heavy (non-hydrogen) atoms. The first-order valence-corrected chi connectivity index (χ1v) is 13.3. The lowest BCUT2D eigenvalue weighted by Gasteiger charge is -2.37. The molecule has 1 heterocycles. The van der Waals surface area contributed by atoms with Crippen LogP contribution in [0.3, 0.4) is 0 Å². The van der Waals surface area contributed by atoms with E-state index in [0.29, 0.717) is 22.4 Å². The van der Waals surface area contributed by atoms with Gasteiger partial charge in [0, 0.05) is 11.6 Å². The van der Waals surface area contributed by atoms with Crippen molar-refractivity contribution in [1.29, 1.82) is 5.26 Å². The molecule has 0 aromatic heterocycles. The molecule has 2 unspecified atom stereocenters. The zero-order valence-corrected chi connectivity index (χ0v) is 21.2. The minimum Gasteiger partial charge on any atom is -0.461 e. The largest absolute Gasteiger partial charge is 0.461 e. The van der Waals surface area contributed by atoms with Crippen molar-refractivity contribution in [3.63, 3.8) is 0 Å². The zero-order chi connectivity index (χ0) is 27.3. The van der Waals surface area contributed by atoms with Gasteiger partial charge in [0.2, 0.25) is 15.9 Å². The Hall–Kier alpha value is -4.52. The van der Waals surface area contributed by atoms with Gasteiger partial charge in [0.1, 0.15) is 12.5 Å². The second kappa shape index (κ2) is 11.3. The fourth-order valence-electron chi connectivity index (χ4n) is 4.34. The first-order valence-electron chi connectivity index (χ1n) is 11.7. The average Bonchev–Trinajstić information content (AvgIpc) is 2.93. The van der Waals surface area contributed by atoms with E-state index in [1.165, 1.54) is 23.1 Å². The molecule has 0 bridgehead atoms. The van der Waals surface area contributed by atoms with E-state index in [4.69, 9.17) is 9.88 Å². The van der Waals surface area contributed by atoms with Crippen LogP contribution in [-0.4, -0.2) is 31.8 Å². The van der Waals surface area contributed by atoms with E-state index in [1.54, 1.807) is 42.5 Å². The fourth-order valence-corrected chi connectivity index (χ4v) is 4.86. The second-order valence-corrected chi connectivity index (χ2v) is 10.2. The van der Waals surface area contributed by atoms with E-state index in [0.717, 1.165) is 5.56 Å². The van der Waals surface area contributed by atoms with Gasteiger partial charge < -0.3 is 9.64 Å². The van der Waals surface area contributed by atoms with Gasteiger partial charge >= 0.3 is 5.97 Å². The number of nitrogens with two attached hydrogens (primary N) is 1. The maximum Gasteiger partial charge on any atom is 0.319 e. The number of primary sulfonamides is 1. The van der Waals surface area contributed by atoms with Crippen LogP contribution in [0.25, 0.3) is 5.70 Å². The van der Waals surface area contributed by atoms with E-state index < -0.39 is 33.7 Å². The predicted molar refractivity (Wildman–Crippen MR) is 141 cm³/mol. The molecule has 2 N–H and O–H groups in total. The number of nitrogens with zero attached hydrogens (tertiary/aromatic N) is 2. The Morgan fingerprint density at radius 2 is 1.71 bits per heavy atom. The number of amides is 1. The van der Waals surface area contributed by atoms with E-state index >= 15 is 0 Å². The smallest absolute Gasteiger partial charge is 0.319 e. The van der Waals surface area contributed by atoms with Crippen LogP contribution in [0.4, 0.5) is 0 Å². The highest BCUT2D eigenvalue weighted by Crippen LogP contribution is 2.40. The van der Waals surface area contributed by atoms with Crippen molar-refractivity contribution in [2.45, 2.75) is 17.4 Å². The van der Waals surface area contributed by atoms with Gasteiger partial charge in [0.25, 0.3) is 0 Å². The summed E-state index contributed by atoms with van der Waals surface area (Å²) in [5, 5.41) is 14.5. The fraction of sp³-hybridized carbons (Fsp3) is 0.138. The van der Waals surface area contributed by atoms with E-state index in [1.807, 2.05) is 30.3 Å². The standard InChI is InChI=1S/C29H25N3O5S/c1-2-16-37-29(34)27-25(22-10-8-20(18-30)9-11-22)17-26(23-12-14-24(15-13-23)38(31,35)36)32(28(27)33)19-21-6-4-3-5-7-21/h2-15,17,25,27H,1,16,19H2,(H2,31,35,36). The summed E-state index contributed by atoms with van der Waals surface area (Å²) < 4.78 is 28.9. The van der Waals surface area contributed by atoms with Gasteiger partial charge in [0.05, 0.1) is 23.1 Å². The Labute approximate surface area is 221 Å². The summed E-state index contributed by atoms with van der Waals surface area (Å²) in [7, 11) is -3.91. The van der Waals surface area contributed by atoms with Crippen molar-refractivity contribution in [2.24, 2.45) is 11.1 Å². The number of carbonyl (C=O) groups excluding carboxylic acids is 2. The average molecular weight is 528 g/mol. The first-order chi connectivity index (χ1) is 18.2. The summed E-state index contributed by atoms with van der Waals surface area (Å²) in [4.78, 5) is 28.7. The van der Waals surface area contributed by atoms with Gasteiger partial charge in [-0.15, -0.1) is 0 Å². The molecule has 0 saturated carbocycles. The molecule has 0 radical (unpaired) electrons. The van der Waals surface area contributed by atoms with Crippen molar-refractivity contribution in [2.75, 3.05) is 6.61 Å². The lowest BCUT2D eigenvalue weighted by Crippen LogP contribution is -2.44. The molecular formula is C29H25N3O5S. The molecule has 0 fully saturated rings. The number of sulfonamides is 1. The highest BCUT2D eigenvalue weighted by Gasteiger charge is 2.43. The van der Waals surface area contributed by atoms with Crippen LogP contribution in [-0.2, 0) is 30.9 Å². The number of ether oxygens (including phenoxy) is 1. The number of nitriles is 1. The SMILES string of the molecule is C=CCOC(=O)C1C(=O)N(Cc2ccccc2)C(c2ccc(S(N)(=O)=O)cc2)=CC1c1ccc(C#N)cc1. The lowest BCUT2D eigenvalue weighted by molar-refractivity contribution is -0.155. The molecule has 1 amide bonds. The summed E-state index contributed by atoms with van der Waals surface area (Å²) in [5.41, 5.74) is 2.99. The zero-order valence-electron chi connectivity index (χ0n) is 20.4. The Morgan fingerprint density at radius 3 is 2.29 bits per heavy atom. The first kappa shape index (κ1) is 26.5. The maximum absolute atomic E-state index is 14.0. The van der Waals surface area contributed by atoms with Gasteiger partial charge in [-0.1, -0.05) is 73.3 Å². The topological polar surface area (TPSA) is 131 Å². The lowest BCUT2D eigenvalue weighted by atomic mass is 9.80. The number of hydrogen-bond acceptors (Lipinski definition) is 6. The molecule has 4 rings (SSSR count). The van der Waals surface area contributed by atoms with Crippen LogP contribution in [0, 0.1) is 17.2 Å². The third-order valence-electron chi connectivity index (χ3n) is 6.20. The molecule has 0 spiro atoms. The van der Waals surface area contributed by atoms with Crippen LogP contribution >= 0.6 is 0 Å². The van der Waals surface area contributed by atoms with Crippen molar-refractivity contribution >= 4 is 27.6 Å². The van der Waals surface area contributed by atoms with Crippen molar-refractivity contribution in [1.82, 2.24) is 4.90 Å². The molecule has 9 heteroatoms. The van der Waals surface area contributed by atoms with Crippen LogP contribution in [0.15, 0.2) is 102 Å². The van der Waals surface area contributed by atoms with E-state index in [2.05, 4.69) is 12.6 Å². The quantitative estimate of drug-likeness (QED) is 0.270. The van der Waals surface area contributed by atoms with E-state index in [9.17, 15) is 23.3 Å². The minimum atomic E-state index is -3.91. The van der Waals surface area contributed by atoms with Crippen molar-refractivity contribution in [3.8, 4) is 6.07 Å². The highest BCUT2D eigenvalue weighted by molar-refractivity contribution is 7.89. The molecule has 3 aromatic rings. The van der Waals surface area contributed by atoms with Crippen LogP contribution in [0.2, 0.25) is 0 Å². The number of esters is 1. The number of rotatable bonds is 8. The van der Waals surface area contributed by atoms with Gasteiger partial charge in [-0.05, 0) is 41.0 Å². The Balaban J connectivity index is 1.88. The monoisotopic (exact) mass is 527 g/mol. The van der Waals surface area contributed by atoms with Crippen molar-refractivity contribution < 1.29 is 22.7 Å². The van der Waals surface area contributed by atoms with E-state index in [-0.39, 0.29) is 18.0 Å². The number of benzene rings is 3. The summed E-state index contributed by atoms with van der Waals surface area (Å²) in [5.74, 6) is -3.04. The predicted octanol–water partition coefficient (Wildman–Crippen LogP) is 3.72. The Morgan fingerprint density at radius 1 is 1.05 bits per heavy atom. The summed E-state index contributed by atoms with van der Waals surface area (Å²) in [6.45, 7) is 3.70. The number of allylic oxidation sites excluding steroid dienone is 1. The summed E-state index contributed by atoms with van der Waals surface area (Å²) >= 11 is 0. The maximum atomic E-state index is 14.0. The third-order valence-corrected chi connectivity index (χ3v) is 7.13. The van der Waals surface area contributed by atoms with Gasteiger partial charge in [-0.3, -0.25) is 9.59 Å². The normalized spacial score (nSPS) is 17.3. The molecular weight excluding hydrogens is 502 g/mol. The third kappa shape index (κ3) is 5.72. The van der Waals surface area contributed by atoms with Gasteiger partial charge in [-0.2, -0.15) is 5.26 Å². The molecule has 8 nitrogen and oxygen atoms in total. The second-order valence-electron chi connectivity index (χ2n) is 8.69. The molecule has 1 aliphatic rings. The van der Waals surface area contributed by atoms with Crippen LogP contribution in [0.5, 0.6) is 0 Å². The highest BCUT2D eigenvalue weighted by atomic mass is 32.2. The molecule has 192 valence electrons. The van der Waals surface area contributed by atoms with Crippen molar-refractivity contribution in [3.05, 3.63) is 120 Å². The molecule has 2 atom stereocenters. The molecule has 1 aliphatic heterocycles. The molecule has 0 aliphatic carbocycles. The summed E-state index contributed by atoms with van der Waals surface area (Å²) in [6.07, 6.45) is 3.23. The van der Waals surface area contributed by atoms with Gasteiger partial charge in [-0.25, -0.2) is 13.6 Å². The minimum absolute atomic E-state index is 0.0486. The van der Waals surface area contributed by atoms with Crippen LogP contribution in [0.1, 0.15) is 28.2 Å². The van der Waals surface area contributed by atoms with Gasteiger partial charge in [0.15, 0.2) is 0 Å². The Kier molecular flexibility index (Phi) is 7.86. The molecule has 0 saturated heterocycles. The number of hydrogen-bond donors (Lipinski definition) is 1. The summed E-state index contributed by atoms with van der Waals surface area (Å²) in [6, 6.07) is 23.9. The number of carbonyl (C=O) groups is 2.